The highest BCUT2D eigenvalue weighted by atomic mass is 16.5. The fourth-order valence-electron chi connectivity index (χ4n) is 3.97. The molecule has 1 aromatic heterocycles. The third-order valence-electron chi connectivity index (χ3n) is 5.42. The molecule has 0 aliphatic heterocycles. The summed E-state index contributed by atoms with van der Waals surface area (Å²) in [4.78, 5) is 17.2. The van der Waals surface area contributed by atoms with Gasteiger partial charge in [-0.1, -0.05) is 37.8 Å². The first-order chi connectivity index (χ1) is 13.8. The number of carbonyl (C=O) groups excluding carboxylic acids is 1. The van der Waals surface area contributed by atoms with Crippen LogP contribution in [0.1, 0.15) is 55.8 Å². The summed E-state index contributed by atoms with van der Waals surface area (Å²) in [6.45, 7) is 2.58. The van der Waals surface area contributed by atoms with Crippen LogP contribution < -0.4 is 10.1 Å². The highest BCUT2D eigenvalue weighted by molar-refractivity contribution is 5.97. The zero-order valence-corrected chi connectivity index (χ0v) is 16.4. The summed E-state index contributed by atoms with van der Waals surface area (Å²) >= 11 is 0. The van der Waals surface area contributed by atoms with E-state index in [4.69, 9.17) is 4.74 Å². The van der Waals surface area contributed by atoms with Crippen LogP contribution in [-0.2, 0) is 0 Å². The van der Waals surface area contributed by atoms with Gasteiger partial charge in [-0.15, -0.1) is 0 Å². The van der Waals surface area contributed by atoms with Crippen molar-refractivity contribution >= 4 is 16.9 Å². The second-order valence-electron chi connectivity index (χ2n) is 7.38. The molecule has 1 saturated carbocycles. The average molecular weight is 377 g/mol. The first-order valence-electron chi connectivity index (χ1n) is 10.3. The largest absolute Gasteiger partial charge is 0.492 e. The Morgan fingerprint density at radius 1 is 1.14 bits per heavy atom. The van der Waals surface area contributed by atoms with Gasteiger partial charge in [-0.05, 0) is 50.1 Å². The maximum Gasteiger partial charge on any atom is 0.251 e. The van der Waals surface area contributed by atoms with E-state index in [9.17, 15) is 4.79 Å². The van der Waals surface area contributed by atoms with Crippen molar-refractivity contribution in [2.75, 3.05) is 6.61 Å². The van der Waals surface area contributed by atoms with Crippen molar-refractivity contribution in [3.05, 3.63) is 54.4 Å². The molecule has 5 heteroatoms. The van der Waals surface area contributed by atoms with Crippen molar-refractivity contribution in [3.63, 3.8) is 0 Å². The van der Waals surface area contributed by atoms with Crippen molar-refractivity contribution in [1.29, 1.82) is 0 Å². The number of hydrogen-bond acceptors (Lipinski definition) is 3. The Kier molecular flexibility index (Phi) is 5.60. The fourth-order valence-corrected chi connectivity index (χ4v) is 3.97. The SMILES string of the molecule is CCOc1ccccc1-n1cnc2cc(C(=O)NC3CCCCCC3)ccc21. The molecule has 0 bridgehead atoms. The number of rotatable bonds is 5. The van der Waals surface area contributed by atoms with E-state index >= 15 is 0 Å². The predicted octanol–water partition coefficient (Wildman–Crippen LogP) is 4.88. The Balaban J connectivity index is 1.59. The lowest BCUT2D eigenvalue weighted by Crippen LogP contribution is -2.34. The highest BCUT2D eigenvalue weighted by Gasteiger charge is 2.17. The minimum Gasteiger partial charge on any atom is -0.492 e. The van der Waals surface area contributed by atoms with Crippen LogP contribution in [0.2, 0.25) is 0 Å². The van der Waals surface area contributed by atoms with Gasteiger partial charge >= 0.3 is 0 Å². The topological polar surface area (TPSA) is 56.2 Å². The van der Waals surface area contributed by atoms with E-state index in [1.807, 2.05) is 54.0 Å². The quantitative estimate of drug-likeness (QED) is 0.645. The minimum atomic E-state index is -0.00179. The van der Waals surface area contributed by atoms with Gasteiger partial charge in [0.2, 0.25) is 0 Å². The van der Waals surface area contributed by atoms with Crippen molar-refractivity contribution in [3.8, 4) is 11.4 Å². The molecule has 5 nitrogen and oxygen atoms in total. The Bertz CT molecular complexity index is 955. The Labute approximate surface area is 165 Å². The van der Waals surface area contributed by atoms with Gasteiger partial charge in [0.25, 0.3) is 5.91 Å². The molecule has 0 unspecified atom stereocenters. The number of carbonyl (C=O) groups is 1. The number of hydrogen-bond donors (Lipinski definition) is 1. The first-order valence-corrected chi connectivity index (χ1v) is 10.3. The second kappa shape index (κ2) is 8.46. The zero-order chi connectivity index (χ0) is 19.3. The molecule has 0 atom stereocenters. The van der Waals surface area contributed by atoms with E-state index < -0.39 is 0 Å². The predicted molar refractivity (Wildman–Crippen MR) is 111 cm³/mol. The third kappa shape index (κ3) is 3.88. The second-order valence-corrected chi connectivity index (χ2v) is 7.38. The number of amides is 1. The molecule has 1 aliphatic carbocycles. The molecule has 0 radical (unpaired) electrons. The normalized spacial score (nSPS) is 15.3. The molecule has 3 aromatic rings. The molecule has 1 amide bonds. The number of nitrogens with one attached hydrogen (secondary N) is 1. The molecule has 1 heterocycles. The van der Waals surface area contributed by atoms with Gasteiger partial charge in [-0.2, -0.15) is 0 Å². The third-order valence-corrected chi connectivity index (χ3v) is 5.42. The lowest BCUT2D eigenvalue weighted by Gasteiger charge is -2.16. The number of nitrogens with zero attached hydrogens (tertiary/aromatic N) is 2. The number of aromatic nitrogens is 2. The Hall–Kier alpha value is -2.82. The number of para-hydroxylation sites is 2. The summed E-state index contributed by atoms with van der Waals surface area (Å²) in [5, 5.41) is 3.21. The van der Waals surface area contributed by atoms with E-state index in [0.717, 1.165) is 35.3 Å². The molecule has 28 heavy (non-hydrogen) atoms. The van der Waals surface area contributed by atoms with E-state index in [0.29, 0.717) is 18.2 Å². The molecule has 2 aromatic carbocycles. The van der Waals surface area contributed by atoms with E-state index in [-0.39, 0.29) is 5.91 Å². The van der Waals surface area contributed by atoms with Crippen LogP contribution in [-0.4, -0.2) is 28.1 Å². The summed E-state index contributed by atoms with van der Waals surface area (Å²) in [6.07, 6.45) is 8.91. The maximum atomic E-state index is 12.7. The van der Waals surface area contributed by atoms with E-state index in [1.54, 1.807) is 6.33 Å². The number of fused-ring (bicyclic) bond motifs is 1. The van der Waals surface area contributed by atoms with Crippen LogP contribution in [0.25, 0.3) is 16.7 Å². The van der Waals surface area contributed by atoms with Crippen molar-refractivity contribution in [2.24, 2.45) is 0 Å². The summed E-state index contributed by atoms with van der Waals surface area (Å²) in [5.41, 5.74) is 3.38. The van der Waals surface area contributed by atoms with Gasteiger partial charge in [0.15, 0.2) is 0 Å². The van der Waals surface area contributed by atoms with Crippen molar-refractivity contribution in [1.82, 2.24) is 14.9 Å². The van der Waals surface area contributed by atoms with Crippen LogP contribution in [0, 0.1) is 0 Å². The molecular formula is C23H27N3O2. The molecule has 1 fully saturated rings. The summed E-state index contributed by atoms with van der Waals surface area (Å²) in [5.74, 6) is 0.817. The molecular weight excluding hydrogens is 350 g/mol. The van der Waals surface area contributed by atoms with Gasteiger partial charge in [0, 0.05) is 11.6 Å². The molecule has 0 spiro atoms. The number of benzene rings is 2. The smallest absolute Gasteiger partial charge is 0.251 e. The standard InChI is InChI=1S/C23H27N3O2/c1-2-28-22-12-8-7-11-21(22)26-16-24-19-15-17(13-14-20(19)26)23(27)25-18-9-5-3-4-6-10-18/h7-8,11-16,18H,2-6,9-10H2,1H3,(H,25,27). The van der Waals surface area contributed by atoms with Crippen LogP contribution in [0.4, 0.5) is 0 Å². The van der Waals surface area contributed by atoms with Gasteiger partial charge in [0.05, 0.1) is 23.3 Å². The van der Waals surface area contributed by atoms with Crippen LogP contribution in [0.3, 0.4) is 0 Å². The minimum absolute atomic E-state index is 0.00179. The highest BCUT2D eigenvalue weighted by Crippen LogP contribution is 2.27. The van der Waals surface area contributed by atoms with Crippen LogP contribution in [0.15, 0.2) is 48.8 Å². The average Bonchev–Trinajstić information content (AvgIpc) is 2.96. The molecule has 146 valence electrons. The first kappa shape index (κ1) is 18.5. The van der Waals surface area contributed by atoms with Crippen molar-refractivity contribution < 1.29 is 9.53 Å². The summed E-state index contributed by atoms with van der Waals surface area (Å²) < 4.78 is 7.76. The zero-order valence-electron chi connectivity index (χ0n) is 16.4. The van der Waals surface area contributed by atoms with Crippen molar-refractivity contribution in [2.45, 2.75) is 51.5 Å². The van der Waals surface area contributed by atoms with Gasteiger partial charge in [-0.3, -0.25) is 9.36 Å². The Morgan fingerprint density at radius 2 is 1.93 bits per heavy atom. The van der Waals surface area contributed by atoms with Gasteiger partial charge < -0.3 is 10.1 Å². The van der Waals surface area contributed by atoms with Gasteiger partial charge in [-0.25, -0.2) is 4.98 Å². The molecule has 4 rings (SSSR count). The van der Waals surface area contributed by atoms with E-state index in [1.165, 1.54) is 25.7 Å². The Morgan fingerprint density at radius 3 is 2.71 bits per heavy atom. The monoisotopic (exact) mass is 377 g/mol. The molecule has 1 aliphatic rings. The molecule has 0 saturated heterocycles. The van der Waals surface area contributed by atoms with E-state index in [2.05, 4.69) is 10.3 Å². The van der Waals surface area contributed by atoms with Crippen LogP contribution in [0.5, 0.6) is 5.75 Å². The molecule has 1 N–H and O–H groups in total. The lowest BCUT2D eigenvalue weighted by atomic mass is 10.1. The number of imidazole rings is 1. The lowest BCUT2D eigenvalue weighted by molar-refractivity contribution is 0.0933. The number of ether oxygens (including phenoxy) is 1. The van der Waals surface area contributed by atoms with Gasteiger partial charge in [0.1, 0.15) is 12.1 Å². The van der Waals surface area contributed by atoms with Crippen LogP contribution >= 0.6 is 0 Å². The summed E-state index contributed by atoms with van der Waals surface area (Å²) in [7, 11) is 0. The maximum absolute atomic E-state index is 12.7. The fraction of sp³-hybridized carbons (Fsp3) is 0.391. The summed E-state index contributed by atoms with van der Waals surface area (Å²) in [6, 6.07) is 13.9.